The van der Waals surface area contributed by atoms with Crippen LogP contribution >= 0.6 is 11.6 Å². The molecular weight excluding hydrogens is 334 g/mol. The van der Waals surface area contributed by atoms with Gasteiger partial charge in [0.15, 0.2) is 11.0 Å². The van der Waals surface area contributed by atoms with Gasteiger partial charge in [0.2, 0.25) is 0 Å². The molecule has 0 unspecified atom stereocenters. The van der Waals surface area contributed by atoms with Crippen molar-refractivity contribution in [2.24, 2.45) is 0 Å². The van der Waals surface area contributed by atoms with E-state index in [1.807, 2.05) is 0 Å². The highest BCUT2D eigenvalue weighted by Gasteiger charge is 2.24. The highest BCUT2D eigenvalue weighted by molar-refractivity contribution is 6.32. The Morgan fingerprint density at radius 3 is 2.67 bits per heavy atom. The minimum atomic E-state index is -1.19. The van der Waals surface area contributed by atoms with Crippen LogP contribution in [0.5, 0.6) is 5.75 Å². The molecule has 1 aromatic heterocycles. The number of phenolic OH excluding ortho intramolecular Hbond substituents is 1. The molecule has 1 fully saturated rings. The highest BCUT2D eigenvalue weighted by atomic mass is 35.5. The number of nitrogens with one attached hydrogen (secondary N) is 1. The minimum absolute atomic E-state index is 0.0325. The van der Waals surface area contributed by atoms with Gasteiger partial charge in [-0.2, -0.15) is 0 Å². The summed E-state index contributed by atoms with van der Waals surface area (Å²) in [6.45, 7) is -0.579. The van der Waals surface area contributed by atoms with Gasteiger partial charge in [-0.25, -0.2) is 4.98 Å². The maximum atomic E-state index is 12.7. The number of hydrogen-bond acceptors (Lipinski definition) is 5. The van der Waals surface area contributed by atoms with Crippen LogP contribution in [0.3, 0.4) is 0 Å². The van der Waals surface area contributed by atoms with E-state index in [0.29, 0.717) is 0 Å². The zero-order valence-electron chi connectivity index (χ0n) is 12.7. The minimum Gasteiger partial charge on any atom is -0.507 e. The Balaban J connectivity index is 2.17. The van der Waals surface area contributed by atoms with E-state index < -0.39 is 18.1 Å². The van der Waals surface area contributed by atoms with Crippen LogP contribution in [0.4, 0.5) is 5.82 Å². The Labute approximate surface area is 142 Å². The average molecular weight is 350 g/mol. The molecule has 1 aliphatic rings. The second-order valence-corrected chi connectivity index (χ2v) is 6.03. The van der Waals surface area contributed by atoms with Crippen LogP contribution in [-0.4, -0.2) is 31.8 Å². The summed E-state index contributed by atoms with van der Waals surface area (Å²) in [4.78, 5) is 28.0. The van der Waals surface area contributed by atoms with Gasteiger partial charge >= 0.3 is 5.97 Å². The Morgan fingerprint density at radius 2 is 2.08 bits per heavy atom. The molecule has 1 saturated carbocycles. The molecule has 0 saturated heterocycles. The molecule has 3 N–H and O–H groups in total. The van der Waals surface area contributed by atoms with Crippen molar-refractivity contribution in [3.05, 3.63) is 39.8 Å². The Kier molecular flexibility index (Phi) is 4.44. The fraction of sp³-hybridized carbons (Fsp3) is 0.312. The van der Waals surface area contributed by atoms with Gasteiger partial charge in [-0.15, -0.1) is 0 Å². The number of halogens is 1. The van der Waals surface area contributed by atoms with Crippen molar-refractivity contribution < 1.29 is 15.0 Å². The molecule has 0 atom stereocenters. The van der Waals surface area contributed by atoms with Crippen LogP contribution in [0.1, 0.15) is 19.3 Å². The molecule has 0 amide bonds. The topological polar surface area (TPSA) is 104 Å². The van der Waals surface area contributed by atoms with Crippen LogP contribution in [-0.2, 0) is 11.3 Å². The van der Waals surface area contributed by atoms with Crippen molar-refractivity contribution in [2.45, 2.75) is 31.8 Å². The van der Waals surface area contributed by atoms with E-state index in [0.717, 1.165) is 23.8 Å². The fourth-order valence-electron chi connectivity index (χ4n) is 2.60. The van der Waals surface area contributed by atoms with Gasteiger partial charge in [0, 0.05) is 11.6 Å². The van der Waals surface area contributed by atoms with Crippen LogP contribution in [0.25, 0.3) is 11.3 Å². The van der Waals surface area contributed by atoms with Crippen molar-refractivity contribution in [3.8, 4) is 17.0 Å². The van der Waals surface area contributed by atoms with E-state index in [-0.39, 0.29) is 34.0 Å². The lowest BCUT2D eigenvalue weighted by molar-refractivity contribution is -0.137. The average Bonchev–Trinajstić information content (AvgIpc) is 2.48. The summed E-state index contributed by atoms with van der Waals surface area (Å²) in [6.07, 6.45) is 2.93. The van der Waals surface area contributed by atoms with Crippen LogP contribution < -0.4 is 10.9 Å². The summed E-state index contributed by atoms with van der Waals surface area (Å²) in [6, 6.07) is 6.40. The predicted molar refractivity (Wildman–Crippen MR) is 89.5 cm³/mol. The lowest BCUT2D eigenvalue weighted by Crippen LogP contribution is -2.35. The maximum absolute atomic E-state index is 12.7. The summed E-state index contributed by atoms with van der Waals surface area (Å²) < 4.78 is 1.02. The Morgan fingerprint density at radius 1 is 1.38 bits per heavy atom. The molecule has 126 valence electrons. The molecule has 8 heteroatoms. The van der Waals surface area contributed by atoms with E-state index in [4.69, 9.17) is 16.7 Å². The lowest BCUT2D eigenvalue weighted by Gasteiger charge is -2.27. The van der Waals surface area contributed by atoms with Crippen LogP contribution in [0, 0.1) is 0 Å². The number of aromatic hydroxyl groups is 1. The van der Waals surface area contributed by atoms with Crippen molar-refractivity contribution in [2.75, 3.05) is 5.32 Å². The molecule has 0 bridgehead atoms. The molecule has 7 nitrogen and oxygen atoms in total. The third-order valence-corrected chi connectivity index (χ3v) is 4.29. The van der Waals surface area contributed by atoms with E-state index in [1.165, 1.54) is 6.07 Å². The van der Waals surface area contributed by atoms with Gasteiger partial charge in [-0.05, 0) is 31.4 Å². The van der Waals surface area contributed by atoms with Gasteiger partial charge < -0.3 is 15.5 Å². The SMILES string of the molecule is O=C(O)Cn1c(-c2ccccc2O)c(Cl)nc(NC2CCC2)c1=O. The second-order valence-electron chi connectivity index (χ2n) is 5.67. The van der Waals surface area contributed by atoms with Crippen LogP contribution in [0.2, 0.25) is 5.15 Å². The smallest absolute Gasteiger partial charge is 0.323 e. The number of para-hydroxylation sites is 1. The number of anilines is 1. The summed E-state index contributed by atoms with van der Waals surface area (Å²) in [5.41, 5.74) is -0.239. The van der Waals surface area contributed by atoms with Gasteiger partial charge in [0.05, 0.1) is 5.69 Å². The third kappa shape index (κ3) is 3.07. The number of aliphatic carboxylic acids is 1. The summed E-state index contributed by atoms with van der Waals surface area (Å²) in [5, 5.41) is 22.1. The first-order chi connectivity index (χ1) is 11.5. The number of nitrogens with zero attached hydrogens (tertiary/aromatic N) is 2. The van der Waals surface area contributed by atoms with Gasteiger partial charge in [-0.3, -0.25) is 14.2 Å². The number of carbonyl (C=O) groups is 1. The molecule has 0 radical (unpaired) electrons. The highest BCUT2D eigenvalue weighted by Crippen LogP contribution is 2.33. The number of carboxylic acids is 1. The summed E-state index contributed by atoms with van der Waals surface area (Å²) >= 11 is 6.23. The third-order valence-electron chi connectivity index (χ3n) is 4.02. The zero-order valence-corrected chi connectivity index (χ0v) is 13.5. The Hall–Kier alpha value is -2.54. The van der Waals surface area contributed by atoms with E-state index in [1.54, 1.807) is 18.2 Å². The number of carboxylic acid groups (broad SMARTS) is 1. The maximum Gasteiger partial charge on any atom is 0.323 e. The number of phenols is 1. The van der Waals surface area contributed by atoms with Crippen molar-refractivity contribution in [3.63, 3.8) is 0 Å². The monoisotopic (exact) mass is 349 g/mol. The molecule has 1 heterocycles. The molecular formula is C16H16ClN3O4. The van der Waals surface area contributed by atoms with E-state index in [2.05, 4.69) is 10.3 Å². The van der Waals surface area contributed by atoms with E-state index >= 15 is 0 Å². The van der Waals surface area contributed by atoms with Gasteiger partial charge in [-0.1, -0.05) is 23.7 Å². The second kappa shape index (κ2) is 6.52. The van der Waals surface area contributed by atoms with Gasteiger partial charge in [0.25, 0.3) is 5.56 Å². The molecule has 0 aliphatic heterocycles. The van der Waals surface area contributed by atoms with Crippen LogP contribution in [0.15, 0.2) is 29.1 Å². The quantitative estimate of drug-likeness (QED) is 0.765. The van der Waals surface area contributed by atoms with Crippen molar-refractivity contribution in [1.29, 1.82) is 0 Å². The van der Waals surface area contributed by atoms with E-state index in [9.17, 15) is 14.7 Å². The summed E-state index contributed by atoms with van der Waals surface area (Å²) in [7, 11) is 0. The van der Waals surface area contributed by atoms with Crippen molar-refractivity contribution >= 4 is 23.4 Å². The standard InChI is InChI=1S/C16H16ClN3O4/c17-14-13(10-6-1-2-7-11(10)21)20(8-12(22)23)16(24)15(19-14)18-9-4-3-5-9/h1-2,6-7,9,21H,3-5,8H2,(H,18,19)(H,22,23). The zero-order chi connectivity index (χ0) is 17.3. The molecule has 1 aliphatic carbocycles. The molecule has 24 heavy (non-hydrogen) atoms. The number of aromatic nitrogens is 2. The fourth-order valence-corrected chi connectivity index (χ4v) is 2.88. The normalized spacial score (nSPS) is 14.2. The molecule has 0 spiro atoms. The molecule has 1 aromatic carbocycles. The number of hydrogen-bond donors (Lipinski definition) is 3. The summed E-state index contributed by atoms with van der Waals surface area (Å²) in [5.74, 6) is -1.27. The lowest BCUT2D eigenvalue weighted by atomic mass is 9.93. The van der Waals surface area contributed by atoms with Gasteiger partial charge in [0.1, 0.15) is 12.3 Å². The first kappa shape index (κ1) is 16.3. The number of rotatable bonds is 5. The largest absolute Gasteiger partial charge is 0.507 e. The number of benzene rings is 1. The first-order valence-corrected chi connectivity index (χ1v) is 7.92. The Bertz CT molecular complexity index is 846. The first-order valence-electron chi connectivity index (χ1n) is 7.54. The molecule has 2 aromatic rings. The van der Waals surface area contributed by atoms with Crippen molar-refractivity contribution in [1.82, 2.24) is 9.55 Å². The molecule has 3 rings (SSSR count). The predicted octanol–water partition coefficient (Wildman–Crippen LogP) is 2.32.